The summed E-state index contributed by atoms with van der Waals surface area (Å²) in [5, 5.41) is 0. The quantitative estimate of drug-likeness (QED) is 0.660. The molecule has 11 heteroatoms. The van der Waals surface area contributed by atoms with Crippen molar-refractivity contribution in [3.05, 3.63) is 24.0 Å². The number of carbonyl (C=O) groups excluding carboxylic acids is 1. The molecule has 4 aliphatic rings. The highest BCUT2D eigenvalue weighted by Crippen LogP contribution is 2.61. The summed E-state index contributed by atoms with van der Waals surface area (Å²) in [4.78, 5) is 22.8. The van der Waals surface area contributed by atoms with Gasteiger partial charge in [-0.2, -0.15) is 0 Å². The predicted molar refractivity (Wildman–Crippen MR) is 116 cm³/mol. The first-order valence-electron chi connectivity index (χ1n) is 11.6. The standard InChI is InChI=1S/C22H31FN4O5S/c1-31-21(28)27-17-5-3-4-16(17)19(26-33(2,29)30)18(27)12-32-15-6-7-22(9-13(22)8-15)20-24-10-14(23)11-25-20/h10-11,13,15-19,26H,3-9,12H2,1-2H3/t13-,15+,16+,17-,18+,19+,22-/m1/s1. The van der Waals surface area contributed by atoms with Gasteiger partial charge in [0.25, 0.3) is 0 Å². The van der Waals surface area contributed by atoms with E-state index in [4.69, 9.17) is 9.47 Å². The van der Waals surface area contributed by atoms with Gasteiger partial charge in [-0.15, -0.1) is 0 Å². The minimum atomic E-state index is -3.45. The van der Waals surface area contributed by atoms with Crippen LogP contribution in [0.4, 0.5) is 9.18 Å². The van der Waals surface area contributed by atoms with Gasteiger partial charge >= 0.3 is 6.09 Å². The van der Waals surface area contributed by atoms with E-state index in [9.17, 15) is 17.6 Å². The minimum absolute atomic E-state index is 0.0184. The molecule has 1 aliphatic heterocycles. The highest BCUT2D eigenvalue weighted by atomic mass is 32.2. The molecular weight excluding hydrogens is 451 g/mol. The number of rotatable bonds is 6. The number of aromatic nitrogens is 2. The number of fused-ring (bicyclic) bond motifs is 2. The van der Waals surface area contributed by atoms with Gasteiger partial charge in [-0.3, -0.25) is 4.90 Å². The van der Waals surface area contributed by atoms with E-state index in [0.29, 0.717) is 11.7 Å². The van der Waals surface area contributed by atoms with Crippen LogP contribution in [0.5, 0.6) is 0 Å². The molecule has 9 nitrogen and oxygen atoms in total. The number of nitrogens with zero attached hydrogens (tertiary/aromatic N) is 3. The zero-order valence-corrected chi connectivity index (χ0v) is 19.8. The topological polar surface area (TPSA) is 111 Å². The zero-order valence-electron chi connectivity index (χ0n) is 18.9. The third kappa shape index (κ3) is 4.23. The second-order valence-corrected chi connectivity index (χ2v) is 11.8. The second-order valence-electron chi connectivity index (χ2n) is 10.0. The number of ether oxygens (including phenoxy) is 2. The molecule has 0 aromatic carbocycles. The Morgan fingerprint density at radius 3 is 2.73 bits per heavy atom. The highest BCUT2D eigenvalue weighted by molar-refractivity contribution is 7.88. The molecule has 5 rings (SSSR count). The van der Waals surface area contributed by atoms with E-state index < -0.39 is 28.0 Å². The Morgan fingerprint density at radius 2 is 2.06 bits per heavy atom. The molecule has 1 aromatic heterocycles. The van der Waals surface area contributed by atoms with Gasteiger partial charge in [-0.25, -0.2) is 32.3 Å². The molecule has 0 spiro atoms. The monoisotopic (exact) mass is 482 g/mol. The highest BCUT2D eigenvalue weighted by Gasteiger charge is 2.60. The van der Waals surface area contributed by atoms with E-state index in [0.717, 1.165) is 51.2 Å². The largest absolute Gasteiger partial charge is 0.453 e. The average molecular weight is 483 g/mol. The van der Waals surface area contributed by atoms with Crippen molar-refractivity contribution in [2.24, 2.45) is 11.8 Å². The number of halogens is 1. The smallest absolute Gasteiger partial charge is 0.410 e. The Morgan fingerprint density at radius 1 is 1.30 bits per heavy atom. The van der Waals surface area contributed by atoms with E-state index in [1.165, 1.54) is 19.5 Å². The summed E-state index contributed by atoms with van der Waals surface area (Å²) in [5.41, 5.74) is -0.0730. The normalized spacial score (nSPS) is 37.5. The Bertz CT molecular complexity index is 1010. The van der Waals surface area contributed by atoms with Crippen LogP contribution in [-0.4, -0.2) is 73.6 Å². The Hall–Kier alpha value is -1.85. The third-order valence-electron chi connectivity index (χ3n) is 8.12. The molecule has 182 valence electrons. The molecule has 0 bridgehead atoms. The lowest BCUT2D eigenvalue weighted by atomic mass is 9.86. The number of sulfonamides is 1. The van der Waals surface area contributed by atoms with Crippen LogP contribution >= 0.6 is 0 Å². The maximum atomic E-state index is 13.2. The van der Waals surface area contributed by atoms with E-state index in [-0.39, 0.29) is 36.1 Å². The summed E-state index contributed by atoms with van der Waals surface area (Å²) in [7, 11) is -2.09. The maximum Gasteiger partial charge on any atom is 0.410 e. The van der Waals surface area contributed by atoms with E-state index in [1.54, 1.807) is 4.90 Å². The summed E-state index contributed by atoms with van der Waals surface area (Å²) >= 11 is 0. The average Bonchev–Trinajstić information content (AvgIpc) is 3.19. The maximum absolute atomic E-state index is 13.2. The van der Waals surface area contributed by atoms with Gasteiger partial charge in [0.15, 0.2) is 5.82 Å². The van der Waals surface area contributed by atoms with Crippen LogP contribution in [0.15, 0.2) is 12.4 Å². The third-order valence-corrected chi connectivity index (χ3v) is 8.82. The molecule has 0 unspecified atom stereocenters. The summed E-state index contributed by atoms with van der Waals surface area (Å²) in [5.74, 6) is 0.736. The van der Waals surface area contributed by atoms with E-state index >= 15 is 0 Å². The van der Waals surface area contributed by atoms with Crippen LogP contribution in [0.1, 0.15) is 50.8 Å². The Balaban J connectivity index is 1.26. The summed E-state index contributed by atoms with van der Waals surface area (Å²) in [6.07, 6.45) is 9.36. The molecule has 1 N–H and O–H groups in total. The van der Waals surface area contributed by atoms with Crippen LogP contribution in [0.3, 0.4) is 0 Å². The van der Waals surface area contributed by atoms with Crippen LogP contribution in [0.2, 0.25) is 0 Å². The minimum Gasteiger partial charge on any atom is -0.453 e. The van der Waals surface area contributed by atoms with Crippen molar-refractivity contribution in [3.63, 3.8) is 0 Å². The lowest BCUT2D eigenvalue weighted by molar-refractivity contribution is -0.0114. The first-order valence-corrected chi connectivity index (χ1v) is 13.5. The number of nitrogens with one attached hydrogen (secondary N) is 1. The van der Waals surface area contributed by atoms with Gasteiger partial charge in [0.2, 0.25) is 10.0 Å². The van der Waals surface area contributed by atoms with Gasteiger partial charge in [0.1, 0.15) is 5.82 Å². The predicted octanol–water partition coefficient (Wildman–Crippen LogP) is 1.98. The number of likely N-dealkylation sites (tertiary alicyclic amines) is 1. The number of hydrogen-bond acceptors (Lipinski definition) is 7. The van der Waals surface area contributed by atoms with Crippen molar-refractivity contribution >= 4 is 16.1 Å². The van der Waals surface area contributed by atoms with Crippen molar-refractivity contribution in [2.45, 2.75) is 74.6 Å². The van der Waals surface area contributed by atoms with Gasteiger partial charge in [-0.05, 0) is 50.4 Å². The molecule has 2 heterocycles. The molecule has 3 saturated carbocycles. The molecule has 4 fully saturated rings. The molecule has 1 amide bonds. The number of hydrogen-bond donors (Lipinski definition) is 1. The molecule has 1 saturated heterocycles. The van der Waals surface area contributed by atoms with Gasteiger partial charge in [0.05, 0.1) is 44.5 Å². The zero-order chi connectivity index (χ0) is 23.4. The second kappa shape index (κ2) is 8.42. The number of amides is 1. The summed E-state index contributed by atoms with van der Waals surface area (Å²) < 4.78 is 51.5. The lowest BCUT2D eigenvalue weighted by Crippen LogP contribution is -2.51. The van der Waals surface area contributed by atoms with Crippen molar-refractivity contribution in [2.75, 3.05) is 20.0 Å². The van der Waals surface area contributed by atoms with Crippen LogP contribution < -0.4 is 4.72 Å². The fourth-order valence-electron chi connectivity index (χ4n) is 6.60. The van der Waals surface area contributed by atoms with E-state index in [1.807, 2.05) is 0 Å². The summed E-state index contributed by atoms with van der Waals surface area (Å²) in [6, 6.07) is -0.833. The van der Waals surface area contributed by atoms with Crippen molar-refractivity contribution < 1.29 is 27.1 Å². The van der Waals surface area contributed by atoms with Gasteiger partial charge in [-0.1, -0.05) is 6.42 Å². The summed E-state index contributed by atoms with van der Waals surface area (Å²) in [6.45, 7) is 0.257. The van der Waals surface area contributed by atoms with Gasteiger partial charge < -0.3 is 9.47 Å². The molecule has 0 radical (unpaired) electrons. The van der Waals surface area contributed by atoms with Crippen LogP contribution in [-0.2, 0) is 24.9 Å². The van der Waals surface area contributed by atoms with Crippen LogP contribution in [0.25, 0.3) is 0 Å². The van der Waals surface area contributed by atoms with Crippen LogP contribution in [0, 0.1) is 17.7 Å². The first-order chi connectivity index (χ1) is 15.7. The Labute approximate surface area is 193 Å². The van der Waals surface area contributed by atoms with Crippen molar-refractivity contribution in [1.29, 1.82) is 0 Å². The molecule has 33 heavy (non-hydrogen) atoms. The van der Waals surface area contributed by atoms with E-state index in [2.05, 4.69) is 14.7 Å². The molecule has 1 aromatic rings. The number of methoxy groups -OCH3 is 1. The first kappa shape index (κ1) is 22.9. The SMILES string of the molecule is COC(=O)N1[C@@H]2CCC[C@@H]2[C@H](NS(C)(=O)=O)[C@@H]1CO[C@H]1CC[C@@]2(c3ncc(F)cn3)C[C@H]2C1. The Kier molecular flexibility index (Phi) is 5.85. The lowest BCUT2D eigenvalue weighted by Gasteiger charge is -2.33. The fourth-order valence-corrected chi connectivity index (χ4v) is 7.43. The van der Waals surface area contributed by atoms with Crippen molar-refractivity contribution in [1.82, 2.24) is 19.6 Å². The molecule has 3 aliphatic carbocycles. The number of carbonyl (C=O) groups is 1. The molecular formula is C22H31FN4O5S. The molecule has 7 atom stereocenters. The fraction of sp³-hybridized carbons (Fsp3) is 0.773. The van der Waals surface area contributed by atoms with Crippen molar-refractivity contribution in [3.8, 4) is 0 Å². The van der Waals surface area contributed by atoms with Gasteiger partial charge in [0, 0.05) is 17.5 Å².